The van der Waals surface area contributed by atoms with E-state index >= 15 is 0 Å². The van der Waals surface area contributed by atoms with Crippen LogP contribution in [0.25, 0.3) is 0 Å². The Labute approximate surface area is 279 Å². The van der Waals surface area contributed by atoms with Gasteiger partial charge in [0.15, 0.2) is 0 Å². The third kappa shape index (κ3) is 9.38. The molecular weight excluding hydrogens is 694 g/mol. The normalized spacial score (nSPS) is 23.8. The van der Waals surface area contributed by atoms with Crippen LogP contribution in [0.5, 0.6) is 0 Å². The van der Waals surface area contributed by atoms with Gasteiger partial charge in [-0.3, -0.25) is 9.59 Å². The number of piperidine rings is 1. The van der Waals surface area contributed by atoms with Crippen LogP contribution in [0.4, 0.5) is 32.3 Å². The molecule has 2 atom stereocenters. The average molecular weight is 736 g/mol. The molecule has 260 valence electrons. The molecule has 47 heavy (non-hydrogen) atoms. The van der Waals surface area contributed by atoms with Gasteiger partial charge in [-0.15, -0.1) is 0 Å². The fourth-order valence-electron chi connectivity index (χ4n) is 6.99. The molecule has 1 saturated heterocycles. The smallest absolute Gasteiger partial charge is 0.416 e. The quantitative estimate of drug-likeness (QED) is 0.180. The zero-order valence-corrected chi connectivity index (χ0v) is 28.3. The Morgan fingerprint density at radius 3 is 1.89 bits per heavy atom. The van der Waals surface area contributed by atoms with Crippen molar-refractivity contribution in [2.24, 2.45) is 11.8 Å². The van der Waals surface area contributed by atoms with Crippen LogP contribution in [-0.4, -0.2) is 51.5 Å². The van der Waals surface area contributed by atoms with Gasteiger partial charge >= 0.3 is 18.3 Å². The fourth-order valence-corrected chi connectivity index (χ4v) is 7.20. The SMILES string of the molecule is CCOC(=O)CC1CCC(C(=O)N2C(CC)CC(N(Cc3cc(C(F)(F)F)cc(C(F)(F)F)c3)c3ncc(Br)cn3)CC2CC)CC1. The van der Waals surface area contributed by atoms with Crippen molar-refractivity contribution < 1.29 is 40.7 Å². The standard InChI is InChI=1S/C33H41BrF6N4O3/c1-4-26-15-28(16-27(5-2)44(26)30(46)22-9-7-20(8-10-22)13-29(45)47-6-3)43(31-41-17-25(34)18-42-31)19-21-11-23(32(35,36)37)14-24(12-21)33(38,39)40/h11-12,14,17-18,20,22,26-28H,4-10,13,15-16,19H2,1-3H3. The van der Waals surface area contributed by atoms with Crippen LogP contribution in [0.3, 0.4) is 0 Å². The fraction of sp³-hybridized carbons (Fsp3) is 0.636. The Kier molecular flexibility index (Phi) is 12.2. The molecule has 14 heteroatoms. The summed E-state index contributed by atoms with van der Waals surface area (Å²) < 4.78 is 87.9. The predicted octanol–water partition coefficient (Wildman–Crippen LogP) is 8.59. The highest BCUT2D eigenvalue weighted by Crippen LogP contribution is 2.40. The lowest BCUT2D eigenvalue weighted by molar-refractivity contribution is -0.146. The largest absolute Gasteiger partial charge is 0.466 e. The van der Waals surface area contributed by atoms with Crippen LogP contribution in [-0.2, 0) is 33.2 Å². The molecule has 0 N–H and O–H groups in total. The number of anilines is 1. The van der Waals surface area contributed by atoms with Gasteiger partial charge in [0.2, 0.25) is 11.9 Å². The number of amides is 1. The second kappa shape index (κ2) is 15.5. The minimum Gasteiger partial charge on any atom is -0.466 e. The molecule has 2 fully saturated rings. The Hall–Kier alpha value is -2.90. The predicted molar refractivity (Wildman–Crippen MR) is 167 cm³/mol. The van der Waals surface area contributed by atoms with E-state index in [0.29, 0.717) is 56.0 Å². The third-order valence-electron chi connectivity index (χ3n) is 9.33. The number of nitrogens with zero attached hydrogens (tertiary/aromatic N) is 4. The van der Waals surface area contributed by atoms with E-state index in [1.54, 1.807) is 11.8 Å². The number of aromatic nitrogens is 2. The van der Waals surface area contributed by atoms with Crippen molar-refractivity contribution in [3.05, 3.63) is 51.8 Å². The maximum absolute atomic E-state index is 14.0. The van der Waals surface area contributed by atoms with Gasteiger partial charge in [-0.1, -0.05) is 13.8 Å². The maximum atomic E-state index is 14.0. The van der Waals surface area contributed by atoms with E-state index in [4.69, 9.17) is 4.74 Å². The summed E-state index contributed by atoms with van der Waals surface area (Å²) in [7, 11) is 0. The first-order chi connectivity index (χ1) is 22.1. The van der Waals surface area contributed by atoms with Crippen molar-refractivity contribution in [3.8, 4) is 0 Å². The summed E-state index contributed by atoms with van der Waals surface area (Å²) in [6.45, 7) is 5.76. The summed E-state index contributed by atoms with van der Waals surface area (Å²) in [4.78, 5) is 38.4. The lowest BCUT2D eigenvalue weighted by Gasteiger charge is -2.49. The van der Waals surface area contributed by atoms with Gasteiger partial charge in [-0.2, -0.15) is 26.3 Å². The van der Waals surface area contributed by atoms with Crippen molar-refractivity contribution in [1.29, 1.82) is 0 Å². The average Bonchev–Trinajstić information content (AvgIpc) is 3.02. The topological polar surface area (TPSA) is 75.6 Å². The number of carbonyl (C=O) groups excluding carboxylic acids is 2. The van der Waals surface area contributed by atoms with Crippen molar-refractivity contribution in [3.63, 3.8) is 0 Å². The molecule has 1 aliphatic heterocycles. The minimum absolute atomic E-state index is 0.0656. The first kappa shape index (κ1) is 36.9. The molecule has 2 aromatic rings. The van der Waals surface area contributed by atoms with Gasteiger partial charge < -0.3 is 14.5 Å². The van der Waals surface area contributed by atoms with E-state index in [-0.39, 0.29) is 66.0 Å². The van der Waals surface area contributed by atoms with E-state index in [1.807, 2.05) is 18.7 Å². The number of hydrogen-bond donors (Lipinski definition) is 0. The highest BCUT2D eigenvalue weighted by atomic mass is 79.9. The van der Waals surface area contributed by atoms with Gasteiger partial charge in [0, 0.05) is 49.4 Å². The molecule has 0 spiro atoms. The molecule has 2 unspecified atom stereocenters. The van der Waals surface area contributed by atoms with Gasteiger partial charge in [-0.05, 0) is 104 Å². The van der Waals surface area contributed by atoms with E-state index in [9.17, 15) is 35.9 Å². The molecule has 2 heterocycles. The first-order valence-electron chi connectivity index (χ1n) is 16.1. The highest BCUT2D eigenvalue weighted by Gasteiger charge is 2.43. The molecule has 4 rings (SSSR count). The van der Waals surface area contributed by atoms with Crippen molar-refractivity contribution >= 4 is 33.8 Å². The summed E-state index contributed by atoms with van der Waals surface area (Å²) in [6.07, 6.45) is -1.65. The van der Waals surface area contributed by atoms with Crippen molar-refractivity contribution in [2.45, 2.75) is 116 Å². The number of halogens is 7. The van der Waals surface area contributed by atoms with Crippen molar-refractivity contribution in [2.75, 3.05) is 11.5 Å². The summed E-state index contributed by atoms with van der Waals surface area (Å²) in [5.74, 6) is 0.0239. The van der Waals surface area contributed by atoms with Gasteiger partial charge in [0.05, 0.1) is 22.2 Å². The molecule has 0 bridgehead atoms. The number of ether oxygens (including phenoxy) is 1. The van der Waals surface area contributed by atoms with Gasteiger partial charge in [-0.25, -0.2) is 9.97 Å². The van der Waals surface area contributed by atoms with E-state index < -0.39 is 23.5 Å². The second-order valence-corrected chi connectivity index (χ2v) is 13.4. The van der Waals surface area contributed by atoms with Crippen LogP contribution in [0.1, 0.15) is 95.2 Å². The molecular formula is C33H41BrF6N4O3. The Morgan fingerprint density at radius 1 is 0.894 bits per heavy atom. The van der Waals surface area contributed by atoms with E-state index in [2.05, 4.69) is 25.9 Å². The molecule has 0 radical (unpaired) electrons. The number of esters is 1. The summed E-state index contributed by atoms with van der Waals surface area (Å²) in [5, 5.41) is 0. The number of likely N-dealkylation sites (tertiary alicyclic amines) is 1. The Bertz CT molecular complexity index is 1320. The van der Waals surface area contributed by atoms with Crippen molar-refractivity contribution in [1.82, 2.24) is 14.9 Å². The van der Waals surface area contributed by atoms with Crippen LogP contribution in [0, 0.1) is 11.8 Å². The Balaban J connectivity index is 1.60. The zero-order chi connectivity index (χ0) is 34.5. The molecule has 1 saturated carbocycles. The monoisotopic (exact) mass is 734 g/mol. The number of alkyl halides is 6. The molecule has 1 amide bonds. The molecule has 1 aromatic heterocycles. The van der Waals surface area contributed by atoms with E-state index in [0.717, 1.165) is 25.0 Å². The second-order valence-electron chi connectivity index (χ2n) is 12.5. The number of benzene rings is 1. The molecule has 1 aromatic carbocycles. The highest BCUT2D eigenvalue weighted by molar-refractivity contribution is 9.10. The first-order valence-corrected chi connectivity index (χ1v) is 16.9. The Morgan fingerprint density at radius 2 is 1.43 bits per heavy atom. The minimum atomic E-state index is -4.97. The van der Waals surface area contributed by atoms with Crippen LogP contribution < -0.4 is 4.90 Å². The van der Waals surface area contributed by atoms with E-state index in [1.165, 1.54) is 12.4 Å². The molecule has 7 nitrogen and oxygen atoms in total. The lowest BCUT2D eigenvalue weighted by Crippen LogP contribution is -2.58. The van der Waals surface area contributed by atoms with Crippen LogP contribution in [0.15, 0.2) is 35.1 Å². The summed E-state index contributed by atoms with van der Waals surface area (Å²) in [5.41, 5.74) is -2.93. The molecule has 1 aliphatic carbocycles. The van der Waals surface area contributed by atoms with Crippen LogP contribution >= 0.6 is 15.9 Å². The van der Waals surface area contributed by atoms with Gasteiger partial charge in [0.1, 0.15) is 0 Å². The molecule has 2 aliphatic rings. The lowest BCUT2D eigenvalue weighted by atomic mass is 9.78. The third-order valence-corrected chi connectivity index (χ3v) is 9.74. The maximum Gasteiger partial charge on any atom is 0.416 e. The number of hydrogen-bond acceptors (Lipinski definition) is 6. The number of carbonyl (C=O) groups is 2. The van der Waals surface area contributed by atoms with Crippen LogP contribution in [0.2, 0.25) is 0 Å². The zero-order valence-electron chi connectivity index (χ0n) is 26.7. The summed E-state index contributed by atoms with van der Waals surface area (Å²) >= 11 is 3.28. The summed E-state index contributed by atoms with van der Waals surface area (Å²) in [6, 6.07) is 0.847. The number of rotatable bonds is 10. The van der Waals surface area contributed by atoms with Gasteiger partial charge in [0.25, 0.3) is 0 Å².